The van der Waals surface area contributed by atoms with E-state index in [0.29, 0.717) is 19.4 Å². The molecule has 0 radical (unpaired) electrons. The number of carbonyl (C=O) groups excluding carboxylic acids is 3. The summed E-state index contributed by atoms with van der Waals surface area (Å²) in [5, 5.41) is 3.18. The Kier molecular flexibility index (Phi) is 7.96. The van der Waals surface area contributed by atoms with E-state index in [1.54, 1.807) is 6.92 Å². The van der Waals surface area contributed by atoms with E-state index in [4.69, 9.17) is 5.55 Å². The Balaban J connectivity index is 1.72. The number of Topliss-reactive ketones (excluding diaryl/α,β-unsaturated/α-hetero) is 1. The Morgan fingerprint density at radius 2 is 1.84 bits per heavy atom. The smallest absolute Gasteiger partial charge is 0.341 e. The Morgan fingerprint density at radius 3 is 2.53 bits per heavy atom. The molecule has 1 N–H and O–H groups in total. The van der Waals surface area contributed by atoms with Gasteiger partial charge in [-0.1, -0.05) is 54.6 Å². The molecule has 0 unspecified atom stereocenters. The Morgan fingerprint density at radius 1 is 1.16 bits per heavy atom. The molecule has 0 aromatic heterocycles. The molecule has 0 fully saturated rings. The summed E-state index contributed by atoms with van der Waals surface area (Å²) >= 11 is 0.751. The van der Waals surface area contributed by atoms with Crippen LogP contribution in [-0.4, -0.2) is 46.9 Å². The first-order chi connectivity index (χ1) is 15.9. The maximum Gasteiger partial charge on any atom is 0.341 e. The first kappa shape index (κ1) is 22.6. The van der Waals surface area contributed by atoms with Crippen molar-refractivity contribution in [3.05, 3.63) is 71.3 Å². The minimum Gasteiger partial charge on any atom is -0.390 e. The van der Waals surface area contributed by atoms with Gasteiger partial charge in [0.1, 0.15) is 11.8 Å². The van der Waals surface area contributed by atoms with Crippen molar-refractivity contribution in [2.75, 3.05) is 6.23 Å². The second-order valence-corrected chi connectivity index (χ2v) is 8.45. The van der Waals surface area contributed by atoms with Crippen LogP contribution in [0, 0.1) is 0 Å². The third-order valence-corrected chi connectivity index (χ3v) is 6.10. The molecular weight excluding hydrogens is 424 g/mol. The van der Waals surface area contributed by atoms with Gasteiger partial charge >= 0.3 is 5.97 Å². The van der Waals surface area contributed by atoms with Gasteiger partial charge < -0.3 is 9.08 Å². The van der Waals surface area contributed by atoms with Crippen LogP contribution in [0.25, 0.3) is 0 Å². The van der Waals surface area contributed by atoms with Crippen LogP contribution in [0.15, 0.2) is 54.6 Å². The second-order valence-electron chi connectivity index (χ2n) is 8.05. The fraction of sp³-hybridized carbons (Fsp3) is 0.400. The molecule has 0 saturated carbocycles. The lowest BCUT2D eigenvalue weighted by Gasteiger charge is -2.37. The van der Waals surface area contributed by atoms with E-state index in [0.717, 1.165) is 35.2 Å². The molecule has 1 heterocycles. The zero-order valence-electron chi connectivity index (χ0n) is 19.5. The molecule has 3 rings (SSSR count). The lowest BCUT2D eigenvalue weighted by molar-refractivity contribution is -0.149. The highest BCUT2D eigenvalue weighted by atomic mass is 32.2. The van der Waals surface area contributed by atoms with Gasteiger partial charge in [0.15, 0.2) is 0 Å². The Labute approximate surface area is 195 Å². The molecule has 2 aromatic carbocycles. The minimum atomic E-state index is -0.768. The summed E-state index contributed by atoms with van der Waals surface area (Å²) in [5.74, 6) is -0.819. The van der Waals surface area contributed by atoms with E-state index in [2.05, 4.69) is 5.32 Å². The van der Waals surface area contributed by atoms with Gasteiger partial charge in [0, 0.05) is 20.6 Å². The number of nitrogens with zero attached hydrogens (tertiary/aromatic N) is 1. The second kappa shape index (κ2) is 11.3. The van der Waals surface area contributed by atoms with E-state index >= 15 is 0 Å². The van der Waals surface area contributed by atoms with E-state index in [-0.39, 0.29) is 17.9 Å². The Hall–Kier alpha value is -2.64. The molecule has 0 aliphatic carbocycles. The van der Waals surface area contributed by atoms with Crippen LogP contribution < -0.4 is 5.32 Å². The number of ketones is 1. The Bertz CT molecular complexity index is 972. The number of hydrogen-bond donors (Lipinski definition) is 1. The minimum absolute atomic E-state index is 0.0302. The number of fused-ring (bicyclic) bond motifs is 1. The average Bonchev–Trinajstić information content (AvgIpc) is 2.84. The van der Waals surface area contributed by atoms with Gasteiger partial charge in [0.2, 0.25) is 5.91 Å². The van der Waals surface area contributed by atoms with Crippen molar-refractivity contribution in [3.8, 4) is 0 Å². The van der Waals surface area contributed by atoms with E-state index in [9.17, 15) is 14.4 Å². The van der Waals surface area contributed by atoms with Crippen molar-refractivity contribution in [3.63, 3.8) is 0 Å². The zero-order chi connectivity index (χ0) is 23.8. The van der Waals surface area contributed by atoms with Gasteiger partial charge in [0.25, 0.3) is 0 Å². The predicted molar refractivity (Wildman–Crippen MR) is 126 cm³/mol. The fourth-order valence-electron chi connectivity index (χ4n) is 4.06. The monoisotopic (exact) mass is 456 g/mol. The first-order valence-electron chi connectivity index (χ1n) is 11.4. The summed E-state index contributed by atoms with van der Waals surface area (Å²) in [7, 11) is 0. The number of nitrogens with one attached hydrogen (secondary N) is 1. The van der Waals surface area contributed by atoms with Gasteiger partial charge in [-0.3, -0.25) is 14.9 Å². The van der Waals surface area contributed by atoms with Crippen LogP contribution >= 0.6 is 12.0 Å². The lowest BCUT2D eigenvalue weighted by atomic mass is 9.93. The summed E-state index contributed by atoms with van der Waals surface area (Å²) < 4.78 is 12.3. The van der Waals surface area contributed by atoms with Crippen LogP contribution in [-0.2, 0) is 38.0 Å². The largest absolute Gasteiger partial charge is 0.390 e. The lowest BCUT2D eigenvalue weighted by Crippen LogP contribution is -2.56. The standard InChI is InChI=1S/C25H30N2O4S/c1-17(26-22(18(2)28)14-13-19-9-5-4-6-10-19)24(29)27-16-21-12-8-7-11-20(21)15-23(27)25(30)31-32-3/h4-12,17,22-23,26H,13-16H2,1-3H3/t17-,22-,23-/m0/s1/i3T. The van der Waals surface area contributed by atoms with Gasteiger partial charge in [-0.2, -0.15) is 0 Å². The number of carbonyl (C=O) groups is 3. The molecule has 3 atom stereocenters. The van der Waals surface area contributed by atoms with Gasteiger partial charge in [0.05, 0.1) is 24.1 Å². The molecule has 7 heteroatoms. The van der Waals surface area contributed by atoms with Gasteiger partial charge in [-0.05, 0) is 43.4 Å². The molecular formula is C25H30N2O4S. The molecule has 2 aromatic rings. The van der Waals surface area contributed by atoms with Crippen LogP contribution in [0.5, 0.6) is 0 Å². The summed E-state index contributed by atoms with van der Waals surface area (Å²) in [6.45, 7) is 3.54. The van der Waals surface area contributed by atoms with Crippen LogP contribution in [0.2, 0.25) is 0 Å². The molecule has 1 aliphatic rings. The summed E-state index contributed by atoms with van der Waals surface area (Å²) in [5.41, 5.74) is 3.12. The summed E-state index contributed by atoms with van der Waals surface area (Å²) in [6, 6.07) is 15.7. The van der Waals surface area contributed by atoms with Crippen molar-refractivity contribution in [1.82, 2.24) is 10.2 Å². The SMILES string of the molecule is [3H]CSOC(=O)[C@@H]1Cc2ccccc2CN1C(=O)[C@H](C)N[C@@H](CCc1ccccc1)C(C)=O. The predicted octanol–water partition coefficient (Wildman–Crippen LogP) is 3.33. The summed E-state index contributed by atoms with van der Waals surface area (Å²) in [4.78, 5) is 39.9. The molecule has 1 amide bonds. The number of rotatable bonds is 9. The highest BCUT2D eigenvalue weighted by molar-refractivity contribution is 7.94. The van der Waals surface area contributed by atoms with Crippen molar-refractivity contribution >= 4 is 29.7 Å². The van der Waals surface area contributed by atoms with E-state index < -0.39 is 24.1 Å². The highest BCUT2D eigenvalue weighted by Crippen LogP contribution is 2.25. The quantitative estimate of drug-likeness (QED) is 0.584. The van der Waals surface area contributed by atoms with Crippen LogP contribution in [0.3, 0.4) is 0 Å². The average molecular weight is 457 g/mol. The number of aryl methyl sites for hydroxylation is 1. The topological polar surface area (TPSA) is 75.7 Å². The highest BCUT2D eigenvalue weighted by Gasteiger charge is 2.38. The van der Waals surface area contributed by atoms with Crippen molar-refractivity contribution < 1.29 is 19.9 Å². The molecule has 0 saturated heterocycles. The van der Waals surface area contributed by atoms with Crippen molar-refractivity contribution in [2.45, 2.75) is 57.8 Å². The zero-order valence-corrected chi connectivity index (χ0v) is 19.3. The fourth-order valence-corrected chi connectivity index (χ4v) is 4.29. The molecule has 170 valence electrons. The third kappa shape index (κ3) is 5.99. The number of hydrogen-bond acceptors (Lipinski definition) is 6. The molecule has 0 spiro atoms. The van der Waals surface area contributed by atoms with E-state index in [1.807, 2.05) is 54.6 Å². The molecule has 6 nitrogen and oxygen atoms in total. The normalized spacial score (nSPS) is 17.6. The summed E-state index contributed by atoms with van der Waals surface area (Å²) in [6.07, 6.45) is 1.54. The third-order valence-electron chi connectivity index (χ3n) is 5.82. The maximum absolute atomic E-state index is 13.4. The van der Waals surface area contributed by atoms with Gasteiger partial charge in [-0.15, -0.1) is 0 Å². The molecule has 1 aliphatic heterocycles. The number of benzene rings is 2. The van der Waals surface area contributed by atoms with E-state index in [1.165, 1.54) is 11.8 Å². The van der Waals surface area contributed by atoms with Crippen molar-refractivity contribution in [1.29, 1.82) is 0 Å². The van der Waals surface area contributed by atoms with Crippen LogP contribution in [0.4, 0.5) is 0 Å². The number of amides is 1. The molecule has 0 bridgehead atoms. The van der Waals surface area contributed by atoms with Crippen LogP contribution in [0.1, 0.15) is 38.3 Å². The first-order valence-corrected chi connectivity index (χ1v) is 11.6. The van der Waals surface area contributed by atoms with Crippen molar-refractivity contribution in [2.24, 2.45) is 0 Å². The maximum atomic E-state index is 13.4. The molecule has 32 heavy (non-hydrogen) atoms. The van der Waals surface area contributed by atoms with Gasteiger partial charge in [-0.25, -0.2) is 4.79 Å².